The summed E-state index contributed by atoms with van der Waals surface area (Å²) in [5.41, 5.74) is 1.85. The summed E-state index contributed by atoms with van der Waals surface area (Å²) in [7, 11) is 3.14. The number of nitriles is 3. The van der Waals surface area contributed by atoms with Crippen LogP contribution in [0, 0.1) is 39.4 Å². The summed E-state index contributed by atoms with van der Waals surface area (Å²) in [5.74, 6) is 3.39. The fourth-order valence-corrected chi connectivity index (χ4v) is 2.53. The van der Waals surface area contributed by atoms with Crippen molar-refractivity contribution in [2.75, 3.05) is 14.2 Å². The van der Waals surface area contributed by atoms with Crippen LogP contribution in [-0.2, 0) is 0 Å². The van der Waals surface area contributed by atoms with Gasteiger partial charge >= 0.3 is 5.70 Å². The quantitative estimate of drug-likeness (QED) is 0.434. The number of nitrogens with zero attached hydrogens (tertiary/aromatic N) is 4. The van der Waals surface area contributed by atoms with E-state index in [-0.39, 0.29) is 11.3 Å². The van der Waals surface area contributed by atoms with Crippen LogP contribution in [0.3, 0.4) is 0 Å². The molecule has 0 heterocycles. The standard InChI is InChI=1S/C23H17N5O2/c1-29-21-7-3-18(4-8-21)23(19-5-9-22(30-2)10-6-19)16-28(20(13-26)14-27)15-17(11-24)12-25/h3-10,15-16,26H,1-2H3/q+1. The van der Waals surface area contributed by atoms with Crippen molar-refractivity contribution in [1.29, 1.82) is 21.2 Å². The van der Waals surface area contributed by atoms with Crippen LogP contribution in [0.15, 0.2) is 72.2 Å². The number of ether oxygens (including phenoxy) is 2. The van der Waals surface area contributed by atoms with Crippen molar-refractivity contribution in [2.45, 2.75) is 0 Å². The molecular formula is C23H17N5O2+. The van der Waals surface area contributed by atoms with Gasteiger partial charge in [0.1, 0.15) is 23.6 Å². The third kappa shape index (κ3) is 5.23. The highest BCUT2D eigenvalue weighted by Crippen LogP contribution is 2.28. The highest BCUT2D eigenvalue weighted by atomic mass is 16.5. The van der Waals surface area contributed by atoms with Gasteiger partial charge in [-0.3, -0.25) is 5.41 Å². The molecule has 0 amide bonds. The van der Waals surface area contributed by atoms with E-state index in [9.17, 15) is 5.26 Å². The largest absolute Gasteiger partial charge is 0.497 e. The van der Waals surface area contributed by atoms with Gasteiger partial charge in [0.15, 0.2) is 24.0 Å². The van der Waals surface area contributed by atoms with E-state index in [2.05, 4.69) is 0 Å². The molecular weight excluding hydrogens is 378 g/mol. The van der Waals surface area contributed by atoms with Crippen LogP contribution in [0.1, 0.15) is 11.1 Å². The van der Waals surface area contributed by atoms with E-state index in [4.69, 9.17) is 25.4 Å². The molecule has 2 rings (SSSR count). The molecule has 0 unspecified atom stereocenters. The average Bonchev–Trinajstić information content (AvgIpc) is 2.81. The van der Waals surface area contributed by atoms with Crippen molar-refractivity contribution >= 4 is 11.4 Å². The Morgan fingerprint density at radius 3 is 1.60 bits per heavy atom. The number of hydrogen-bond donors (Lipinski definition) is 1. The van der Waals surface area contributed by atoms with E-state index in [1.54, 1.807) is 56.8 Å². The minimum absolute atomic E-state index is 0.183. The van der Waals surface area contributed by atoms with Crippen LogP contribution >= 0.6 is 0 Å². The fraction of sp³-hybridized carbons (Fsp3) is 0.0870. The van der Waals surface area contributed by atoms with Gasteiger partial charge in [-0.2, -0.15) is 15.8 Å². The van der Waals surface area contributed by atoms with Crippen molar-refractivity contribution in [3.8, 4) is 29.7 Å². The van der Waals surface area contributed by atoms with Gasteiger partial charge < -0.3 is 9.47 Å². The van der Waals surface area contributed by atoms with E-state index >= 15 is 0 Å². The van der Waals surface area contributed by atoms with Crippen molar-refractivity contribution in [2.24, 2.45) is 0 Å². The molecule has 0 atom stereocenters. The lowest BCUT2D eigenvalue weighted by Crippen LogP contribution is -2.17. The zero-order valence-electron chi connectivity index (χ0n) is 16.4. The molecule has 2 aromatic carbocycles. The predicted octanol–water partition coefficient (Wildman–Crippen LogP) is 3.82. The van der Waals surface area contributed by atoms with Crippen molar-refractivity contribution in [3.05, 3.63) is 83.3 Å². The lowest BCUT2D eigenvalue weighted by Gasteiger charge is -2.10. The van der Waals surface area contributed by atoms with E-state index in [0.29, 0.717) is 17.1 Å². The van der Waals surface area contributed by atoms with Gasteiger partial charge in [0.25, 0.3) is 0 Å². The van der Waals surface area contributed by atoms with Crippen LogP contribution in [-0.4, -0.2) is 20.1 Å². The van der Waals surface area contributed by atoms with Gasteiger partial charge in [-0.1, -0.05) is 29.2 Å². The molecule has 0 saturated carbocycles. The van der Waals surface area contributed by atoms with E-state index in [1.807, 2.05) is 36.2 Å². The Hall–Kier alpha value is -4.60. The molecule has 0 aliphatic rings. The third-order valence-electron chi connectivity index (χ3n) is 4.06. The second-order valence-corrected chi connectivity index (χ2v) is 5.76. The maximum Gasteiger partial charge on any atom is 0.331 e. The molecule has 0 aliphatic heterocycles. The summed E-state index contributed by atoms with van der Waals surface area (Å²) in [6, 6.07) is 19.9. The monoisotopic (exact) mass is 395 g/mol. The first kappa shape index (κ1) is 21.7. The number of methoxy groups -OCH3 is 2. The molecule has 7 nitrogen and oxygen atoms in total. The highest BCUT2D eigenvalue weighted by Gasteiger charge is 2.23. The van der Waals surface area contributed by atoms with Gasteiger partial charge in [-0.15, -0.1) is 0 Å². The molecule has 30 heavy (non-hydrogen) atoms. The predicted molar refractivity (Wildman–Crippen MR) is 111 cm³/mol. The second kappa shape index (κ2) is 10.7. The smallest absolute Gasteiger partial charge is 0.331 e. The third-order valence-corrected chi connectivity index (χ3v) is 4.06. The molecule has 1 N–H and O–H groups in total. The number of allylic oxidation sites excluding steroid dienone is 2. The Kier molecular flexibility index (Phi) is 7.71. The number of hydrogen-bond acceptors (Lipinski definition) is 7. The summed E-state index contributed by atoms with van der Waals surface area (Å²) in [5, 5.41) is 35.0. The van der Waals surface area contributed by atoms with Crippen LogP contribution in [0.5, 0.6) is 11.5 Å². The zero-order chi connectivity index (χ0) is 21.9. The number of nitrogens with one attached hydrogen (secondary N) is 1. The highest BCUT2D eigenvalue weighted by molar-refractivity contribution is 5.81. The summed E-state index contributed by atoms with van der Waals surface area (Å²) in [6.45, 7) is 0. The van der Waals surface area contributed by atoms with Crippen LogP contribution in [0.4, 0.5) is 0 Å². The molecule has 0 spiro atoms. The molecule has 0 aliphatic carbocycles. The first-order valence-electron chi connectivity index (χ1n) is 8.61. The molecule has 145 valence electrons. The van der Waals surface area contributed by atoms with Crippen molar-refractivity contribution in [1.82, 2.24) is 4.90 Å². The van der Waals surface area contributed by atoms with Crippen LogP contribution < -0.4 is 14.4 Å². The first-order chi connectivity index (χ1) is 14.6. The summed E-state index contributed by atoms with van der Waals surface area (Å²) in [6.07, 6.45) is 2.76. The second-order valence-electron chi connectivity index (χ2n) is 5.76. The molecule has 0 saturated heterocycles. The molecule has 1 radical (unpaired) electrons. The van der Waals surface area contributed by atoms with Gasteiger partial charge in [0.2, 0.25) is 0 Å². The Bertz CT molecular complexity index is 1070. The lowest BCUT2D eigenvalue weighted by atomic mass is 9.98. The van der Waals surface area contributed by atoms with E-state index < -0.39 is 0 Å². The van der Waals surface area contributed by atoms with Crippen molar-refractivity contribution in [3.63, 3.8) is 0 Å². The summed E-state index contributed by atoms with van der Waals surface area (Å²) < 4.78 is 10.4. The average molecular weight is 395 g/mol. The molecule has 7 heteroatoms. The maximum absolute atomic E-state index is 9.38. The Balaban J connectivity index is 2.73. The number of rotatable bonds is 7. The summed E-state index contributed by atoms with van der Waals surface area (Å²) in [4.78, 5) is 1.23. The maximum atomic E-state index is 9.38. The minimum atomic E-state index is -0.224. The topological polar surface area (TPSA) is 120 Å². The van der Waals surface area contributed by atoms with Gasteiger partial charge in [-0.25, -0.2) is 0 Å². The first-order valence-corrected chi connectivity index (χ1v) is 8.61. The van der Waals surface area contributed by atoms with E-state index in [0.717, 1.165) is 11.1 Å². The Morgan fingerprint density at radius 1 is 0.800 bits per heavy atom. The SMILES string of the molecule is COc1ccc(C(=C[N+](C=C(C#N)C#N)C(=C=N)C#N)c2ccc(OC)cc2)cc1. The van der Waals surface area contributed by atoms with Gasteiger partial charge in [0.05, 0.1) is 20.1 Å². The fourth-order valence-electron chi connectivity index (χ4n) is 2.53. The Morgan fingerprint density at radius 2 is 1.27 bits per heavy atom. The molecule has 0 aromatic heterocycles. The molecule has 0 bridgehead atoms. The minimum Gasteiger partial charge on any atom is -0.497 e. The van der Waals surface area contributed by atoms with Crippen LogP contribution in [0.25, 0.3) is 5.57 Å². The van der Waals surface area contributed by atoms with Gasteiger partial charge in [0, 0.05) is 5.57 Å². The zero-order valence-corrected chi connectivity index (χ0v) is 16.4. The Labute approximate surface area is 174 Å². The molecule has 0 fully saturated rings. The summed E-state index contributed by atoms with van der Waals surface area (Å²) >= 11 is 0. The van der Waals surface area contributed by atoms with Crippen molar-refractivity contribution < 1.29 is 9.47 Å². The lowest BCUT2D eigenvalue weighted by molar-refractivity contribution is 0.414. The molecule has 2 aromatic rings. The van der Waals surface area contributed by atoms with Crippen LogP contribution in [0.2, 0.25) is 0 Å². The van der Waals surface area contributed by atoms with E-state index in [1.165, 1.54) is 11.1 Å². The normalized spacial score (nSPS) is 9.20. The van der Waals surface area contributed by atoms with Gasteiger partial charge in [-0.05, 0) is 35.4 Å². The number of benzene rings is 2.